The van der Waals surface area contributed by atoms with E-state index < -0.39 is 0 Å². The van der Waals surface area contributed by atoms with Gasteiger partial charge in [0.25, 0.3) is 5.56 Å². The van der Waals surface area contributed by atoms with Crippen LogP contribution >= 0.6 is 11.8 Å². The summed E-state index contributed by atoms with van der Waals surface area (Å²) in [5, 5.41) is 12.3. The number of thioether (sulfide) groups is 1. The van der Waals surface area contributed by atoms with Crippen molar-refractivity contribution < 1.29 is 9.94 Å². The van der Waals surface area contributed by atoms with E-state index >= 15 is 0 Å². The molecule has 0 radical (unpaired) electrons. The molecule has 3 N–H and O–H groups in total. The maximum Gasteiger partial charge on any atom is 0.257 e. The summed E-state index contributed by atoms with van der Waals surface area (Å²) in [7, 11) is 0. The maximum absolute atomic E-state index is 13.6. The highest BCUT2D eigenvalue weighted by atomic mass is 32.2. The Morgan fingerprint density at radius 2 is 1.90 bits per heavy atom. The number of aromatic nitrogens is 5. The van der Waals surface area contributed by atoms with Crippen LogP contribution in [-0.4, -0.2) is 54.2 Å². The Bertz CT molecular complexity index is 1520. The van der Waals surface area contributed by atoms with Crippen molar-refractivity contribution in [2.75, 3.05) is 18.6 Å². The van der Waals surface area contributed by atoms with E-state index in [9.17, 15) is 4.79 Å². The fourth-order valence-corrected chi connectivity index (χ4v) is 4.44. The summed E-state index contributed by atoms with van der Waals surface area (Å²) >= 11 is 1.70. The summed E-state index contributed by atoms with van der Waals surface area (Å²) in [5.74, 6) is 2.19. The Balaban J connectivity index is 1.70. The molecule has 4 rings (SSSR count). The monoisotopic (exact) mass is 559 g/mol. The number of oxime groups is 1. The quantitative estimate of drug-likeness (QED) is 0.0854. The second-order valence-corrected chi connectivity index (χ2v) is 10.2. The lowest BCUT2D eigenvalue weighted by Gasteiger charge is -2.16. The lowest BCUT2D eigenvalue weighted by Crippen LogP contribution is -2.28. The zero-order valence-corrected chi connectivity index (χ0v) is 23.7. The Morgan fingerprint density at radius 3 is 2.58 bits per heavy atom. The molecule has 3 aromatic heterocycles. The van der Waals surface area contributed by atoms with Crippen LogP contribution in [-0.2, 0) is 13.0 Å². The fraction of sp³-hybridized carbons (Fsp3) is 0.310. The predicted molar refractivity (Wildman–Crippen MR) is 158 cm³/mol. The molecule has 0 atom stereocenters. The number of aryl methyl sites for hydroxylation is 1. The van der Waals surface area contributed by atoms with Crippen LogP contribution in [0.25, 0.3) is 22.9 Å². The molecule has 0 aliphatic heterocycles. The minimum Gasteiger partial charge on any atom is -0.489 e. The molecule has 10 nitrogen and oxygen atoms in total. The summed E-state index contributed by atoms with van der Waals surface area (Å²) in [6.07, 6.45) is 9.58. The molecule has 11 heteroatoms. The standard InChI is InChI=1S/C29H33N7O3S/c1-4-5-10-24-19(2)29(37)36(28(34-24)27-32-16-21(17-33-27)39-13-14-40-3)18-20-11-12-25(31-15-20)22-8-6-7-9-23(22)26(30)35-38/h6-9,11-12,15-17,38H,4-5,10,13-14,18H2,1-3H3,(H2,30,35). The van der Waals surface area contributed by atoms with E-state index in [1.165, 1.54) is 0 Å². The van der Waals surface area contributed by atoms with Gasteiger partial charge in [-0.05, 0) is 37.7 Å². The van der Waals surface area contributed by atoms with Crippen molar-refractivity contribution >= 4 is 17.6 Å². The van der Waals surface area contributed by atoms with Gasteiger partial charge in [0, 0.05) is 28.6 Å². The number of hydrogen-bond donors (Lipinski definition) is 2. The molecule has 0 aliphatic rings. The number of hydrogen-bond acceptors (Lipinski definition) is 9. The number of pyridine rings is 1. The molecular formula is C29H33N7O3S. The van der Waals surface area contributed by atoms with Crippen molar-refractivity contribution in [3.8, 4) is 28.7 Å². The van der Waals surface area contributed by atoms with E-state index in [0.29, 0.717) is 47.2 Å². The first-order chi connectivity index (χ1) is 19.5. The van der Waals surface area contributed by atoms with Crippen LogP contribution in [0.2, 0.25) is 0 Å². The number of amidine groups is 1. The molecule has 3 heterocycles. The van der Waals surface area contributed by atoms with Crippen LogP contribution in [0.1, 0.15) is 42.1 Å². The molecule has 4 aromatic rings. The smallest absolute Gasteiger partial charge is 0.257 e. The predicted octanol–water partition coefficient (Wildman–Crippen LogP) is 4.30. The van der Waals surface area contributed by atoms with Gasteiger partial charge in [-0.25, -0.2) is 15.0 Å². The Labute approximate surface area is 237 Å². The zero-order valence-electron chi connectivity index (χ0n) is 22.9. The summed E-state index contributed by atoms with van der Waals surface area (Å²) in [4.78, 5) is 32.0. The molecule has 0 bridgehead atoms. The van der Waals surface area contributed by atoms with Crippen molar-refractivity contribution in [1.29, 1.82) is 0 Å². The maximum atomic E-state index is 13.6. The van der Waals surface area contributed by atoms with Gasteiger partial charge in [0.15, 0.2) is 23.2 Å². The molecule has 0 spiro atoms. The van der Waals surface area contributed by atoms with Crippen molar-refractivity contribution in [2.45, 2.75) is 39.7 Å². The van der Waals surface area contributed by atoms with Crippen molar-refractivity contribution in [1.82, 2.24) is 24.5 Å². The number of benzene rings is 1. The lowest BCUT2D eigenvalue weighted by atomic mass is 10.0. The van der Waals surface area contributed by atoms with Crippen molar-refractivity contribution in [2.24, 2.45) is 10.9 Å². The highest BCUT2D eigenvalue weighted by molar-refractivity contribution is 7.98. The third-order valence-corrected chi connectivity index (χ3v) is 6.97. The number of ether oxygens (including phenoxy) is 1. The van der Waals surface area contributed by atoms with Gasteiger partial charge in [0.05, 0.1) is 36.9 Å². The second kappa shape index (κ2) is 13.7. The molecule has 0 aliphatic carbocycles. The Hall–Kier alpha value is -4.25. The zero-order chi connectivity index (χ0) is 28.5. The minimum atomic E-state index is -0.138. The summed E-state index contributed by atoms with van der Waals surface area (Å²) in [6, 6.07) is 11.0. The van der Waals surface area contributed by atoms with E-state index in [-0.39, 0.29) is 17.9 Å². The Kier molecular flexibility index (Phi) is 9.85. The van der Waals surface area contributed by atoms with Gasteiger partial charge < -0.3 is 15.7 Å². The molecule has 0 saturated carbocycles. The molecule has 40 heavy (non-hydrogen) atoms. The first-order valence-electron chi connectivity index (χ1n) is 13.0. The van der Waals surface area contributed by atoms with E-state index in [0.717, 1.165) is 35.4 Å². The number of rotatable bonds is 12. The number of nitrogens with zero attached hydrogens (tertiary/aromatic N) is 6. The molecular weight excluding hydrogens is 526 g/mol. The molecule has 0 fully saturated rings. The fourth-order valence-electron chi connectivity index (χ4n) is 4.19. The summed E-state index contributed by atoms with van der Waals surface area (Å²) in [6.45, 7) is 4.72. The lowest BCUT2D eigenvalue weighted by molar-refractivity contribution is 0.318. The third kappa shape index (κ3) is 6.66. The number of unbranched alkanes of at least 4 members (excludes halogenated alkanes) is 1. The summed E-state index contributed by atoms with van der Waals surface area (Å²) < 4.78 is 7.28. The highest BCUT2D eigenvalue weighted by Gasteiger charge is 2.18. The van der Waals surface area contributed by atoms with Gasteiger partial charge in [-0.3, -0.25) is 14.3 Å². The van der Waals surface area contributed by atoms with Crippen LogP contribution in [0.4, 0.5) is 0 Å². The normalized spacial score (nSPS) is 11.5. The van der Waals surface area contributed by atoms with Gasteiger partial charge in [-0.15, -0.1) is 0 Å². The number of nitrogens with two attached hydrogens (primary N) is 1. The largest absolute Gasteiger partial charge is 0.489 e. The van der Waals surface area contributed by atoms with Crippen molar-refractivity contribution in [3.05, 3.63) is 87.7 Å². The average Bonchev–Trinajstić information content (AvgIpc) is 2.99. The van der Waals surface area contributed by atoms with E-state index in [2.05, 4.69) is 27.0 Å². The Morgan fingerprint density at radius 1 is 1.12 bits per heavy atom. The van der Waals surface area contributed by atoms with E-state index in [4.69, 9.17) is 20.7 Å². The van der Waals surface area contributed by atoms with Crippen LogP contribution in [0, 0.1) is 6.92 Å². The topological polar surface area (TPSA) is 141 Å². The first-order valence-corrected chi connectivity index (χ1v) is 14.4. The van der Waals surface area contributed by atoms with E-state index in [1.807, 2.05) is 43.5 Å². The SMILES string of the molecule is CCCCc1nc(-c2ncc(OCCSC)cn2)n(Cc2ccc(-c3ccccc3C(N)=NO)nc2)c(=O)c1C. The minimum absolute atomic E-state index is 0.00283. The first kappa shape index (κ1) is 28.8. The average molecular weight is 560 g/mol. The van der Waals surface area contributed by atoms with Crippen molar-refractivity contribution in [3.63, 3.8) is 0 Å². The highest BCUT2D eigenvalue weighted by Crippen LogP contribution is 2.23. The molecule has 0 saturated heterocycles. The second-order valence-electron chi connectivity index (χ2n) is 9.17. The summed E-state index contributed by atoms with van der Waals surface area (Å²) in [5.41, 5.74) is 9.85. The molecule has 0 amide bonds. The van der Waals surface area contributed by atoms with Gasteiger partial charge in [-0.2, -0.15) is 11.8 Å². The van der Waals surface area contributed by atoms with Gasteiger partial charge in [0.1, 0.15) is 0 Å². The third-order valence-electron chi connectivity index (χ3n) is 6.40. The van der Waals surface area contributed by atoms with Gasteiger partial charge in [-0.1, -0.05) is 48.8 Å². The molecule has 1 aromatic carbocycles. The molecule has 0 unspecified atom stereocenters. The van der Waals surface area contributed by atoms with Crippen LogP contribution < -0.4 is 16.0 Å². The van der Waals surface area contributed by atoms with Crippen LogP contribution in [0.5, 0.6) is 5.75 Å². The van der Waals surface area contributed by atoms with Crippen LogP contribution in [0.3, 0.4) is 0 Å². The van der Waals surface area contributed by atoms with Gasteiger partial charge in [0.2, 0.25) is 0 Å². The molecule has 208 valence electrons. The van der Waals surface area contributed by atoms with E-state index in [1.54, 1.807) is 41.0 Å². The van der Waals surface area contributed by atoms with Crippen LogP contribution in [0.15, 0.2) is 64.9 Å². The van der Waals surface area contributed by atoms with Gasteiger partial charge >= 0.3 is 0 Å².